The molecular formula is C55H94O3Si. The van der Waals surface area contributed by atoms with Crippen molar-refractivity contribution in [1.29, 1.82) is 0 Å². The Hall–Kier alpha value is -1.98. The van der Waals surface area contributed by atoms with Gasteiger partial charge in [0, 0.05) is 13.2 Å². The molecule has 0 aliphatic carbocycles. The molecule has 0 N–H and O–H groups in total. The first kappa shape index (κ1) is 53.2. The van der Waals surface area contributed by atoms with Crippen LogP contribution in [-0.2, 0) is 13.9 Å². The van der Waals surface area contributed by atoms with Crippen LogP contribution in [0.5, 0.6) is 0 Å². The fraction of sp³-hybridized carbons (Fsp3) is 0.709. The number of benzene rings is 2. The zero-order valence-corrected chi connectivity index (χ0v) is 40.5. The van der Waals surface area contributed by atoms with Gasteiger partial charge in [0.15, 0.2) is 0 Å². The van der Waals surface area contributed by atoms with Crippen LogP contribution in [0, 0.1) is 0 Å². The molecule has 3 nitrogen and oxygen atoms in total. The Morgan fingerprint density at radius 2 is 0.797 bits per heavy atom. The van der Waals surface area contributed by atoms with Gasteiger partial charge in [-0.2, -0.15) is 0 Å². The summed E-state index contributed by atoms with van der Waals surface area (Å²) in [6.45, 7) is 14.4. The summed E-state index contributed by atoms with van der Waals surface area (Å²) in [6, 6.07) is 22.0. The normalized spacial score (nSPS) is 13.0. The van der Waals surface area contributed by atoms with Gasteiger partial charge in [0.05, 0.1) is 13.2 Å². The lowest BCUT2D eigenvalue weighted by molar-refractivity contribution is -0.0405. The molecule has 336 valence electrons. The van der Waals surface area contributed by atoms with E-state index in [4.69, 9.17) is 13.9 Å². The molecule has 59 heavy (non-hydrogen) atoms. The second kappa shape index (κ2) is 36.7. The molecule has 0 saturated carbocycles. The van der Waals surface area contributed by atoms with Gasteiger partial charge in [-0.15, -0.1) is 0 Å². The molecule has 0 bridgehead atoms. The minimum Gasteiger partial charge on any atom is -0.405 e. The molecule has 0 amide bonds. The number of rotatable bonds is 40. The van der Waals surface area contributed by atoms with Crippen LogP contribution in [0.4, 0.5) is 0 Å². The molecule has 1 atom stereocenters. The molecule has 0 radical (unpaired) electrons. The van der Waals surface area contributed by atoms with Gasteiger partial charge < -0.3 is 13.9 Å². The molecule has 2 rings (SSSR count). The van der Waals surface area contributed by atoms with Crippen molar-refractivity contribution in [3.05, 3.63) is 85.0 Å². The van der Waals surface area contributed by atoms with Gasteiger partial charge in [-0.3, -0.25) is 0 Å². The first-order valence-corrected chi connectivity index (χ1v) is 27.1. The minimum absolute atomic E-state index is 0.0609. The number of hydrogen-bond acceptors (Lipinski definition) is 3. The standard InChI is InChI=1S/C55H94O3Si/c1-6-8-10-12-14-16-18-20-22-24-26-28-30-32-34-42-48-56-50-52(57-49-43-35-33-31-29-27-25-23-21-19-17-15-13-11-9-7-2)51-58-59(55(3,4)5,53-44-38-36-39-45-53)54-46-40-37-41-47-54/h20-23,36-41,44-47,52H,6-19,24-35,42-43,48-51H2,1-5H3. The fourth-order valence-electron chi connectivity index (χ4n) is 8.39. The summed E-state index contributed by atoms with van der Waals surface area (Å²) in [5, 5.41) is 2.57. The van der Waals surface area contributed by atoms with Crippen molar-refractivity contribution in [2.45, 2.75) is 226 Å². The summed E-state index contributed by atoms with van der Waals surface area (Å²) in [5.74, 6) is 0. The monoisotopic (exact) mass is 831 g/mol. The lowest BCUT2D eigenvalue weighted by atomic mass is 10.1. The van der Waals surface area contributed by atoms with Crippen LogP contribution in [0.25, 0.3) is 0 Å². The second-order valence-corrected chi connectivity index (χ2v) is 22.7. The molecule has 0 fully saturated rings. The molecule has 0 aliphatic heterocycles. The Balaban J connectivity index is 1.77. The van der Waals surface area contributed by atoms with Crippen molar-refractivity contribution in [3.63, 3.8) is 0 Å². The van der Waals surface area contributed by atoms with Crippen molar-refractivity contribution < 1.29 is 13.9 Å². The Morgan fingerprint density at radius 3 is 1.19 bits per heavy atom. The molecule has 2 aromatic rings. The first-order valence-electron chi connectivity index (χ1n) is 25.2. The maximum atomic E-state index is 7.32. The van der Waals surface area contributed by atoms with Crippen LogP contribution in [0.15, 0.2) is 85.0 Å². The molecule has 0 spiro atoms. The summed E-state index contributed by atoms with van der Waals surface area (Å²) < 4.78 is 20.3. The van der Waals surface area contributed by atoms with Gasteiger partial charge in [-0.25, -0.2) is 0 Å². The molecule has 1 unspecified atom stereocenters. The lowest BCUT2D eigenvalue weighted by Crippen LogP contribution is -2.67. The quantitative estimate of drug-likeness (QED) is 0.0380. The SMILES string of the molecule is CCCCCCCCC=CCCCCCCCCOCC(CO[Si](c1ccccc1)(c1ccccc1)C(C)(C)C)OCCCCCCCCC=CCCCCCCCC. The third-order valence-electron chi connectivity index (χ3n) is 12.0. The van der Waals surface area contributed by atoms with E-state index >= 15 is 0 Å². The van der Waals surface area contributed by atoms with Crippen LogP contribution >= 0.6 is 0 Å². The number of ether oxygens (including phenoxy) is 2. The van der Waals surface area contributed by atoms with E-state index in [0.717, 1.165) is 26.1 Å². The molecule has 0 aromatic heterocycles. The minimum atomic E-state index is -2.64. The van der Waals surface area contributed by atoms with E-state index in [1.54, 1.807) is 0 Å². The number of allylic oxidation sites excluding steroid dienone is 4. The first-order chi connectivity index (χ1) is 29.0. The molecule has 4 heteroatoms. The van der Waals surface area contributed by atoms with Gasteiger partial charge in [0.25, 0.3) is 8.32 Å². The molecule has 0 heterocycles. The fourth-order valence-corrected chi connectivity index (χ4v) is 13.0. The van der Waals surface area contributed by atoms with Gasteiger partial charge in [-0.1, -0.05) is 235 Å². The Kier molecular flexibility index (Phi) is 33.0. The summed E-state index contributed by atoms with van der Waals surface area (Å²) in [7, 11) is -2.64. The van der Waals surface area contributed by atoms with Gasteiger partial charge in [-0.05, 0) is 79.6 Å². The Labute approximate surface area is 368 Å². The van der Waals surface area contributed by atoms with Crippen LogP contribution in [0.3, 0.4) is 0 Å². The summed E-state index contributed by atoms with van der Waals surface area (Å²) in [4.78, 5) is 0. The largest absolute Gasteiger partial charge is 0.405 e. The topological polar surface area (TPSA) is 27.7 Å². The molecular weight excluding hydrogens is 737 g/mol. The third kappa shape index (κ3) is 25.5. The van der Waals surface area contributed by atoms with Crippen molar-refractivity contribution in [2.75, 3.05) is 26.4 Å². The highest BCUT2D eigenvalue weighted by molar-refractivity contribution is 6.99. The van der Waals surface area contributed by atoms with E-state index < -0.39 is 8.32 Å². The van der Waals surface area contributed by atoms with Crippen LogP contribution in [0.1, 0.15) is 214 Å². The van der Waals surface area contributed by atoms with E-state index in [2.05, 4.69) is 120 Å². The maximum absolute atomic E-state index is 7.32. The number of unbranched alkanes of at least 4 members (excludes halogenated alkanes) is 24. The van der Waals surface area contributed by atoms with E-state index in [0.29, 0.717) is 13.2 Å². The van der Waals surface area contributed by atoms with Gasteiger partial charge in [0.2, 0.25) is 0 Å². The summed E-state index contributed by atoms with van der Waals surface area (Å²) >= 11 is 0. The van der Waals surface area contributed by atoms with E-state index in [9.17, 15) is 0 Å². The van der Waals surface area contributed by atoms with Crippen LogP contribution < -0.4 is 10.4 Å². The van der Waals surface area contributed by atoms with E-state index in [-0.39, 0.29) is 11.1 Å². The second-order valence-electron chi connectivity index (χ2n) is 18.4. The van der Waals surface area contributed by atoms with Crippen molar-refractivity contribution in [2.24, 2.45) is 0 Å². The van der Waals surface area contributed by atoms with Crippen molar-refractivity contribution >= 4 is 18.7 Å². The average Bonchev–Trinajstić information content (AvgIpc) is 3.24. The van der Waals surface area contributed by atoms with Crippen LogP contribution in [-0.4, -0.2) is 40.8 Å². The highest BCUT2D eigenvalue weighted by Gasteiger charge is 2.50. The zero-order valence-electron chi connectivity index (χ0n) is 39.5. The Bertz CT molecular complexity index is 1200. The predicted molar refractivity (Wildman–Crippen MR) is 263 cm³/mol. The van der Waals surface area contributed by atoms with E-state index in [1.807, 2.05) is 0 Å². The summed E-state index contributed by atoms with van der Waals surface area (Å²) in [5.41, 5.74) is 0. The van der Waals surface area contributed by atoms with Crippen molar-refractivity contribution in [3.8, 4) is 0 Å². The highest BCUT2D eigenvalue weighted by atomic mass is 28.4. The third-order valence-corrected chi connectivity index (χ3v) is 17.0. The smallest absolute Gasteiger partial charge is 0.261 e. The Morgan fingerprint density at radius 1 is 0.441 bits per heavy atom. The predicted octanol–water partition coefficient (Wildman–Crippen LogP) is 16.0. The average molecular weight is 831 g/mol. The van der Waals surface area contributed by atoms with Gasteiger partial charge in [0.1, 0.15) is 6.10 Å². The highest BCUT2D eigenvalue weighted by Crippen LogP contribution is 2.37. The molecule has 2 aromatic carbocycles. The number of hydrogen-bond donors (Lipinski definition) is 0. The summed E-state index contributed by atoms with van der Waals surface area (Å²) in [6.07, 6.45) is 46.5. The maximum Gasteiger partial charge on any atom is 0.261 e. The van der Waals surface area contributed by atoms with Crippen LogP contribution in [0.2, 0.25) is 5.04 Å². The van der Waals surface area contributed by atoms with Crippen molar-refractivity contribution in [1.82, 2.24) is 0 Å². The molecule has 0 saturated heterocycles. The van der Waals surface area contributed by atoms with E-state index in [1.165, 1.54) is 177 Å². The zero-order chi connectivity index (χ0) is 42.4. The van der Waals surface area contributed by atoms with Gasteiger partial charge >= 0.3 is 0 Å². The lowest BCUT2D eigenvalue weighted by Gasteiger charge is -2.43. The molecule has 0 aliphatic rings.